The summed E-state index contributed by atoms with van der Waals surface area (Å²) < 4.78 is 1.68. The summed E-state index contributed by atoms with van der Waals surface area (Å²) in [6, 6.07) is 0. The molecule has 0 saturated carbocycles. The van der Waals surface area contributed by atoms with Crippen molar-refractivity contribution in [3.63, 3.8) is 0 Å². The highest BCUT2D eigenvalue weighted by Gasteiger charge is 2.24. The molecule has 0 fully saturated rings. The Labute approximate surface area is 75.9 Å². The Bertz CT molecular complexity index is 334. The van der Waals surface area contributed by atoms with Crippen molar-refractivity contribution in [2.45, 2.75) is 6.42 Å². The second-order valence-electron chi connectivity index (χ2n) is 2.47. The molecule has 0 aromatic rings. The molecule has 0 radical (unpaired) electrons. The van der Waals surface area contributed by atoms with Crippen molar-refractivity contribution < 1.29 is 3.95 Å². The summed E-state index contributed by atoms with van der Waals surface area (Å²) in [7, 11) is 0. The molecule has 1 nitrogen and oxygen atoms in total. The molecule has 0 atom stereocenters. The van der Waals surface area contributed by atoms with E-state index in [0.717, 1.165) is 22.6 Å². The van der Waals surface area contributed by atoms with Crippen molar-refractivity contribution in [1.82, 2.24) is 0 Å². The van der Waals surface area contributed by atoms with Gasteiger partial charge >= 0.3 is 0 Å². The molecule has 2 rings (SSSR count). The molecule has 0 aromatic heterocycles. The van der Waals surface area contributed by atoms with Crippen molar-refractivity contribution in [1.29, 1.82) is 0 Å². The first-order chi connectivity index (χ1) is 5.29. The maximum Gasteiger partial charge on any atom is 0.276 e. The molecule has 1 aliphatic carbocycles. The smallest absolute Gasteiger partial charge is 0.0877 e. The first-order valence-electron chi connectivity index (χ1n) is 3.37. The normalized spacial score (nSPS) is 21.5. The van der Waals surface area contributed by atoms with Gasteiger partial charge in [0.1, 0.15) is 0 Å². The first kappa shape index (κ1) is 7.00. The molecular formula is C8H6NS2+. The Morgan fingerprint density at radius 2 is 2.18 bits per heavy atom. The summed E-state index contributed by atoms with van der Waals surface area (Å²) in [6.45, 7) is 0. The van der Waals surface area contributed by atoms with E-state index in [0.29, 0.717) is 0 Å². The molecule has 1 heterocycles. The summed E-state index contributed by atoms with van der Waals surface area (Å²) in [5, 5.41) is 0. The van der Waals surface area contributed by atoms with Crippen LogP contribution in [0.3, 0.4) is 0 Å². The minimum atomic E-state index is 0.877. The lowest BCUT2D eigenvalue weighted by atomic mass is 10.0. The monoisotopic (exact) mass is 180 g/mol. The topological polar surface area (TPSA) is 3.01 Å². The second-order valence-corrected chi connectivity index (χ2v) is 3.36. The van der Waals surface area contributed by atoms with Gasteiger partial charge in [0.25, 0.3) is 12.4 Å². The van der Waals surface area contributed by atoms with Gasteiger partial charge in [-0.05, 0) is 0 Å². The van der Waals surface area contributed by atoms with Crippen LogP contribution in [0.2, 0.25) is 0 Å². The Balaban J connectivity index is 2.56. The molecule has 1 aliphatic heterocycles. The lowest BCUT2D eigenvalue weighted by Gasteiger charge is -2.02. The van der Waals surface area contributed by atoms with Gasteiger partial charge < -0.3 is 0 Å². The van der Waals surface area contributed by atoms with Crippen molar-refractivity contribution in [2.75, 3.05) is 0 Å². The van der Waals surface area contributed by atoms with E-state index >= 15 is 0 Å². The van der Waals surface area contributed by atoms with Crippen LogP contribution in [0.1, 0.15) is 6.42 Å². The van der Waals surface area contributed by atoms with Crippen LogP contribution in [0, 0.1) is 0 Å². The fourth-order valence-corrected chi connectivity index (χ4v) is 1.70. The van der Waals surface area contributed by atoms with E-state index in [1.165, 1.54) is 0 Å². The maximum absolute atomic E-state index is 5.16. The number of hydrogen-bond donors (Lipinski definition) is 0. The van der Waals surface area contributed by atoms with E-state index in [2.05, 4.69) is 0 Å². The highest BCUT2D eigenvalue weighted by Crippen LogP contribution is 2.23. The van der Waals surface area contributed by atoms with E-state index in [4.69, 9.17) is 24.6 Å². The van der Waals surface area contributed by atoms with Crippen molar-refractivity contribution >= 4 is 29.5 Å². The third-order valence-electron chi connectivity index (χ3n) is 1.77. The average molecular weight is 180 g/mol. The molecule has 0 spiro atoms. The van der Waals surface area contributed by atoms with Gasteiger partial charge in [0.2, 0.25) is 5.70 Å². The molecule has 11 heavy (non-hydrogen) atoms. The highest BCUT2D eigenvalue weighted by molar-refractivity contribution is 7.80. The van der Waals surface area contributed by atoms with Crippen LogP contribution in [-0.4, -0.2) is 8.81 Å². The SMILES string of the molecule is S=C1CC=CC2=C1C=C[N+]2=S. The summed E-state index contributed by atoms with van der Waals surface area (Å²) in [4.78, 5) is 0.992. The van der Waals surface area contributed by atoms with Crippen LogP contribution < -0.4 is 0 Å². The Morgan fingerprint density at radius 3 is 2.91 bits per heavy atom. The van der Waals surface area contributed by atoms with Gasteiger partial charge in [0, 0.05) is 23.4 Å². The summed E-state index contributed by atoms with van der Waals surface area (Å²) in [5.41, 5.74) is 2.17. The lowest BCUT2D eigenvalue weighted by Crippen LogP contribution is -2.04. The predicted octanol–water partition coefficient (Wildman–Crippen LogP) is 1.84. The standard InChI is InChI=1S/C8H6NS2/c10-8-3-1-2-7-6(8)4-5-9(7)11/h1-2,4-5H,3H2/q+1. The zero-order valence-corrected chi connectivity index (χ0v) is 7.41. The summed E-state index contributed by atoms with van der Waals surface area (Å²) >= 11 is 10.2. The van der Waals surface area contributed by atoms with Crippen molar-refractivity contribution in [3.8, 4) is 0 Å². The molecule has 3 heteroatoms. The van der Waals surface area contributed by atoms with Crippen LogP contribution in [0.25, 0.3) is 0 Å². The quantitative estimate of drug-likeness (QED) is 0.413. The van der Waals surface area contributed by atoms with E-state index in [1.807, 2.05) is 24.4 Å². The van der Waals surface area contributed by atoms with Crippen molar-refractivity contribution in [3.05, 3.63) is 35.7 Å². The van der Waals surface area contributed by atoms with E-state index in [9.17, 15) is 0 Å². The molecule has 54 valence electrons. The van der Waals surface area contributed by atoms with Gasteiger partial charge in [-0.15, -0.1) is 0 Å². The number of hydrogen-bond acceptors (Lipinski definition) is 2. The molecule has 0 bridgehead atoms. The number of thiocarbonyl (C=S) groups is 1. The molecule has 0 N–H and O–H groups in total. The largest absolute Gasteiger partial charge is 0.276 e. The van der Waals surface area contributed by atoms with Gasteiger partial charge in [-0.1, -0.05) is 22.2 Å². The number of allylic oxidation sites excluding steroid dienone is 4. The maximum atomic E-state index is 5.16. The Morgan fingerprint density at radius 1 is 1.36 bits per heavy atom. The Kier molecular flexibility index (Phi) is 1.55. The van der Waals surface area contributed by atoms with Gasteiger partial charge in [0.05, 0.1) is 5.57 Å². The molecule has 0 aromatic carbocycles. The average Bonchev–Trinajstić information content (AvgIpc) is 2.35. The third-order valence-corrected chi connectivity index (χ3v) is 2.47. The second kappa shape index (κ2) is 2.43. The lowest BCUT2D eigenvalue weighted by molar-refractivity contribution is -0.356. The highest BCUT2D eigenvalue weighted by atomic mass is 32.1. The first-order valence-corrected chi connectivity index (χ1v) is 4.15. The molecule has 0 saturated heterocycles. The number of rotatable bonds is 0. The fraction of sp³-hybridized carbons (Fsp3) is 0.125. The van der Waals surface area contributed by atoms with Gasteiger partial charge in [0.15, 0.2) is 6.20 Å². The molecule has 2 aliphatic rings. The summed E-state index contributed by atoms with van der Waals surface area (Å²) in [6.07, 6.45) is 8.80. The molecular weight excluding hydrogens is 174 g/mol. The van der Waals surface area contributed by atoms with Gasteiger partial charge in [-0.2, -0.15) is 0 Å². The van der Waals surface area contributed by atoms with E-state index in [1.54, 1.807) is 3.95 Å². The zero-order chi connectivity index (χ0) is 7.84. The van der Waals surface area contributed by atoms with Crippen LogP contribution in [0.4, 0.5) is 0 Å². The predicted molar refractivity (Wildman–Crippen MR) is 50.1 cm³/mol. The van der Waals surface area contributed by atoms with Crippen LogP contribution in [-0.2, 0) is 12.4 Å². The third kappa shape index (κ3) is 1.01. The van der Waals surface area contributed by atoms with E-state index < -0.39 is 0 Å². The van der Waals surface area contributed by atoms with Crippen LogP contribution >= 0.6 is 12.2 Å². The fourth-order valence-electron chi connectivity index (χ4n) is 1.21. The minimum absolute atomic E-state index is 0.877. The summed E-state index contributed by atoms with van der Waals surface area (Å²) in [5.74, 6) is 0. The van der Waals surface area contributed by atoms with E-state index in [-0.39, 0.29) is 0 Å². The van der Waals surface area contributed by atoms with Gasteiger partial charge in [-0.25, -0.2) is 0 Å². The van der Waals surface area contributed by atoms with Crippen LogP contribution in [0.15, 0.2) is 35.7 Å². The Hall–Kier alpha value is -0.670. The molecule has 0 amide bonds. The van der Waals surface area contributed by atoms with Crippen molar-refractivity contribution in [2.24, 2.45) is 0 Å². The van der Waals surface area contributed by atoms with Crippen LogP contribution in [0.5, 0.6) is 0 Å². The minimum Gasteiger partial charge on any atom is -0.0877 e. The molecule has 0 unspecified atom stereocenters. The zero-order valence-electron chi connectivity index (χ0n) is 5.78. The van der Waals surface area contributed by atoms with Gasteiger partial charge in [-0.3, -0.25) is 0 Å². The number of nitrogens with zero attached hydrogens (tertiary/aromatic N) is 1.